The zero-order valence-corrected chi connectivity index (χ0v) is 17.5. The molecule has 2 aromatic rings. The molecule has 0 aliphatic carbocycles. The second kappa shape index (κ2) is 8.76. The molecule has 1 aliphatic rings. The summed E-state index contributed by atoms with van der Waals surface area (Å²) in [4.78, 5) is 27.3. The van der Waals surface area contributed by atoms with Gasteiger partial charge >= 0.3 is 0 Å². The normalized spacial score (nSPS) is 16.7. The topological polar surface area (TPSA) is 49.4 Å². The lowest BCUT2D eigenvalue weighted by atomic mass is 9.92. The number of hydrogen-bond donors (Lipinski definition) is 1. The Bertz CT molecular complexity index is 864. The maximum absolute atomic E-state index is 13.0. The van der Waals surface area contributed by atoms with Crippen molar-refractivity contribution >= 4 is 17.5 Å². The van der Waals surface area contributed by atoms with Crippen LogP contribution in [0.4, 0.5) is 10.1 Å². The van der Waals surface area contributed by atoms with Gasteiger partial charge in [0.2, 0.25) is 11.8 Å². The number of carbonyl (C=O) groups is 2. The van der Waals surface area contributed by atoms with Crippen LogP contribution in [0.1, 0.15) is 62.6 Å². The lowest BCUT2D eigenvalue weighted by molar-refractivity contribution is -0.126. The summed E-state index contributed by atoms with van der Waals surface area (Å²) in [5.74, 6) is -0.281. The van der Waals surface area contributed by atoms with E-state index in [4.69, 9.17) is 0 Å². The van der Waals surface area contributed by atoms with Gasteiger partial charge in [-0.3, -0.25) is 9.59 Å². The number of halogens is 1. The Morgan fingerprint density at radius 3 is 2.21 bits per heavy atom. The van der Waals surface area contributed by atoms with E-state index in [-0.39, 0.29) is 41.8 Å². The van der Waals surface area contributed by atoms with Crippen molar-refractivity contribution in [1.82, 2.24) is 5.32 Å². The van der Waals surface area contributed by atoms with E-state index in [0.29, 0.717) is 13.1 Å². The summed E-state index contributed by atoms with van der Waals surface area (Å²) < 4.78 is 13.0. The zero-order valence-electron chi connectivity index (χ0n) is 17.5. The van der Waals surface area contributed by atoms with Gasteiger partial charge in [-0.2, -0.15) is 0 Å². The highest BCUT2D eigenvalue weighted by atomic mass is 19.1. The number of para-hydroxylation sites is 1. The molecule has 1 fully saturated rings. The second-order valence-corrected chi connectivity index (χ2v) is 8.34. The van der Waals surface area contributed by atoms with E-state index in [9.17, 15) is 14.0 Å². The van der Waals surface area contributed by atoms with Gasteiger partial charge in [0.25, 0.3) is 0 Å². The van der Waals surface area contributed by atoms with Gasteiger partial charge in [-0.25, -0.2) is 4.39 Å². The molecule has 2 aromatic carbocycles. The molecule has 1 atom stereocenters. The first kappa shape index (κ1) is 21.0. The number of rotatable bonds is 6. The minimum atomic E-state index is -0.386. The highest BCUT2D eigenvalue weighted by Crippen LogP contribution is 2.38. The molecule has 1 saturated heterocycles. The Kier molecular flexibility index (Phi) is 6.36. The molecule has 3 rings (SSSR count). The molecule has 1 N–H and O–H groups in total. The van der Waals surface area contributed by atoms with Crippen molar-refractivity contribution in [1.29, 1.82) is 0 Å². The summed E-state index contributed by atoms with van der Waals surface area (Å²) in [7, 11) is 0. The fraction of sp³-hybridized carbons (Fsp3) is 0.417. The first-order valence-corrected chi connectivity index (χ1v) is 10.2. The standard InChI is InChI=1S/C24H29FN2O2/c1-15(2)20-6-5-7-21(16(3)4)23(20)27-14-18(12-22(27)28)24(29)26-13-17-8-10-19(25)11-9-17/h5-11,15-16,18H,12-14H2,1-4H3,(H,26,29). The van der Waals surface area contributed by atoms with Gasteiger partial charge in [0.1, 0.15) is 5.82 Å². The zero-order chi connectivity index (χ0) is 21.1. The number of hydrogen-bond acceptors (Lipinski definition) is 2. The molecule has 1 heterocycles. The van der Waals surface area contributed by atoms with Crippen molar-refractivity contribution in [2.75, 3.05) is 11.4 Å². The SMILES string of the molecule is CC(C)c1cccc(C(C)C)c1N1CC(C(=O)NCc2ccc(F)cc2)CC1=O. The predicted molar refractivity (Wildman–Crippen MR) is 113 cm³/mol. The summed E-state index contributed by atoms with van der Waals surface area (Å²) in [5.41, 5.74) is 4.07. The van der Waals surface area contributed by atoms with E-state index in [1.165, 1.54) is 12.1 Å². The molecule has 0 aromatic heterocycles. The van der Waals surface area contributed by atoms with E-state index in [2.05, 4.69) is 45.1 Å². The third-order valence-electron chi connectivity index (χ3n) is 5.49. The molecule has 29 heavy (non-hydrogen) atoms. The molecule has 1 aliphatic heterocycles. The van der Waals surface area contributed by atoms with Crippen molar-refractivity contribution < 1.29 is 14.0 Å². The summed E-state index contributed by atoms with van der Waals surface area (Å²) in [6, 6.07) is 12.2. The van der Waals surface area contributed by atoms with Gasteiger partial charge in [-0.15, -0.1) is 0 Å². The largest absolute Gasteiger partial charge is 0.352 e. The van der Waals surface area contributed by atoms with E-state index in [1.807, 2.05) is 6.07 Å². The number of carbonyl (C=O) groups excluding carboxylic acids is 2. The monoisotopic (exact) mass is 396 g/mol. The summed E-state index contributed by atoms with van der Waals surface area (Å²) in [5, 5.41) is 2.89. The van der Waals surface area contributed by atoms with Crippen LogP contribution >= 0.6 is 0 Å². The van der Waals surface area contributed by atoms with Gasteiger partial charge in [0.15, 0.2) is 0 Å². The molecule has 0 spiro atoms. The lowest BCUT2D eigenvalue weighted by Gasteiger charge is -2.27. The molecule has 0 radical (unpaired) electrons. The summed E-state index contributed by atoms with van der Waals surface area (Å²) in [6.07, 6.45) is 0.208. The first-order valence-electron chi connectivity index (χ1n) is 10.2. The minimum Gasteiger partial charge on any atom is -0.352 e. The highest BCUT2D eigenvalue weighted by Gasteiger charge is 2.37. The molecule has 1 unspecified atom stereocenters. The molecular weight excluding hydrogens is 367 g/mol. The average Bonchev–Trinajstić information content (AvgIpc) is 3.08. The molecule has 5 heteroatoms. The van der Waals surface area contributed by atoms with Crippen LogP contribution in [0, 0.1) is 11.7 Å². The lowest BCUT2D eigenvalue weighted by Crippen LogP contribution is -2.33. The van der Waals surface area contributed by atoms with Crippen molar-refractivity contribution in [2.24, 2.45) is 5.92 Å². The molecule has 2 amide bonds. The van der Waals surface area contributed by atoms with Crippen molar-refractivity contribution in [3.8, 4) is 0 Å². The number of benzene rings is 2. The van der Waals surface area contributed by atoms with Crippen LogP contribution in [-0.2, 0) is 16.1 Å². The van der Waals surface area contributed by atoms with Crippen LogP contribution in [0.15, 0.2) is 42.5 Å². The van der Waals surface area contributed by atoms with Gasteiger partial charge < -0.3 is 10.2 Å². The van der Waals surface area contributed by atoms with E-state index in [0.717, 1.165) is 22.4 Å². The third-order valence-corrected chi connectivity index (χ3v) is 5.49. The third kappa shape index (κ3) is 4.66. The number of anilines is 1. The Balaban J connectivity index is 1.76. The van der Waals surface area contributed by atoms with Gasteiger partial charge in [-0.05, 0) is 40.7 Å². The minimum absolute atomic E-state index is 0.0121. The Labute approximate surface area is 172 Å². The first-order chi connectivity index (χ1) is 13.8. The van der Waals surface area contributed by atoms with Crippen molar-refractivity contribution in [2.45, 2.75) is 52.5 Å². The van der Waals surface area contributed by atoms with Gasteiger partial charge in [0, 0.05) is 19.5 Å². The maximum Gasteiger partial charge on any atom is 0.227 e. The number of amides is 2. The highest BCUT2D eigenvalue weighted by molar-refractivity contribution is 6.01. The van der Waals surface area contributed by atoms with Crippen LogP contribution in [0.2, 0.25) is 0 Å². The Morgan fingerprint density at radius 1 is 1.07 bits per heavy atom. The average molecular weight is 397 g/mol. The van der Waals surface area contributed by atoms with E-state index >= 15 is 0 Å². The summed E-state index contributed by atoms with van der Waals surface area (Å²) >= 11 is 0. The fourth-order valence-corrected chi connectivity index (χ4v) is 3.86. The molecular formula is C24H29FN2O2. The van der Waals surface area contributed by atoms with E-state index in [1.54, 1.807) is 17.0 Å². The Morgan fingerprint density at radius 2 is 1.66 bits per heavy atom. The molecule has 4 nitrogen and oxygen atoms in total. The molecule has 154 valence electrons. The number of nitrogens with zero attached hydrogens (tertiary/aromatic N) is 1. The van der Waals surface area contributed by atoms with Crippen molar-refractivity contribution in [3.63, 3.8) is 0 Å². The smallest absolute Gasteiger partial charge is 0.227 e. The number of nitrogens with one attached hydrogen (secondary N) is 1. The van der Waals surface area contributed by atoms with Crippen LogP contribution in [-0.4, -0.2) is 18.4 Å². The predicted octanol–water partition coefficient (Wildman–Crippen LogP) is 4.74. The van der Waals surface area contributed by atoms with Crippen LogP contribution in [0.5, 0.6) is 0 Å². The second-order valence-electron chi connectivity index (χ2n) is 8.34. The Hall–Kier alpha value is -2.69. The molecule has 0 bridgehead atoms. The van der Waals surface area contributed by atoms with Gasteiger partial charge in [-0.1, -0.05) is 58.0 Å². The summed E-state index contributed by atoms with van der Waals surface area (Å²) in [6.45, 7) is 9.20. The van der Waals surface area contributed by atoms with Gasteiger partial charge in [0.05, 0.1) is 11.6 Å². The van der Waals surface area contributed by atoms with Crippen LogP contribution < -0.4 is 10.2 Å². The fourth-order valence-electron chi connectivity index (χ4n) is 3.86. The molecule has 0 saturated carbocycles. The quantitative estimate of drug-likeness (QED) is 0.767. The van der Waals surface area contributed by atoms with E-state index < -0.39 is 0 Å². The van der Waals surface area contributed by atoms with Crippen LogP contribution in [0.3, 0.4) is 0 Å². The van der Waals surface area contributed by atoms with Crippen LogP contribution in [0.25, 0.3) is 0 Å². The maximum atomic E-state index is 13.0. The van der Waals surface area contributed by atoms with Crippen molar-refractivity contribution in [3.05, 3.63) is 65.0 Å².